The summed E-state index contributed by atoms with van der Waals surface area (Å²) in [6.45, 7) is 4.83. The number of benzene rings is 1. The van der Waals surface area contributed by atoms with E-state index in [2.05, 4.69) is 21.4 Å². The average molecular weight is 406 g/mol. The Bertz CT molecular complexity index is 969. The Morgan fingerprint density at radius 3 is 2.62 bits per heavy atom. The summed E-state index contributed by atoms with van der Waals surface area (Å²) in [5.74, 6) is -1.25. The highest BCUT2D eigenvalue weighted by molar-refractivity contribution is 5.92. The predicted molar refractivity (Wildman–Crippen MR) is 101 cm³/mol. The number of nitrogens with zero attached hydrogens (tertiary/aromatic N) is 4. The molecule has 2 aromatic rings. The summed E-state index contributed by atoms with van der Waals surface area (Å²) in [6.07, 6.45) is -1.29. The lowest BCUT2D eigenvalue weighted by atomic mass is 9.81. The topological polar surface area (TPSA) is 108 Å². The molecule has 1 fully saturated rings. The van der Waals surface area contributed by atoms with Gasteiger partial charge in [-0.25, -0.2) is 0 Å². The van der Waals surface area contributed by atoms with Gasteiger partial charge in [0.25, 0.3) is 0 Å². The third kappa shape index (κ3) is 4.40. The number of aromatic nitrogens is 2. The van der Waals surface area contributed by atoms with Gasteiger partial charge in [-0.3, -0.25) is 14.8 Å². The van der Waals surface area contributed by atoms with Crippen LogP contribution in [0.15, 0.2) is 24.5 Å². The fraction of sp³-hybridized carbons (Fsp3) is 0.474. The number of carbonyl (C=O) groups excluding carboxylic acids is 1. The van der Waals surface area contributed by atoms with E-state index in [1.807, 2.05) is 18.7 Å². The summed E-state index contributed by atoms with van der Waals surface area (Å²) in [5.41, 5.74) is 6.82. The SMILES string of the molecule is CC1(C)C[C@@H](NC(=O)[C@@H](N)C(F)(F)F)CN(c2ccc(C#N)c3nccnc23)C1. The van der Waals surface area contributed by atoms with Crippen molar-refractivity contribution in [3.8, 4) is 6.07 Å². The summed E-state index contributed by atoms with van der Waals surface area (Å²) in [5, 5.41) is 11.7. The highest BCUT2D eigenvalue weighted by Crippen LogP contribution is 2.35. The molecule has 0 saturated carbocycles. The first-order chi connectivity index (χ1) is 13.5. The lowest BCUT2D eigenvalue weighted by Crippen LogP contribution is -2.58. The molecule has 1 aromatic heterocycles. The van der Waals surface area contributed by atoms with E-state index in [4.69, 9.17) is 5.73 Å². The van der Waals surface area contributed by atoms with Crippen LogP contribution in [0.2, 0.25) is 0 Å². The second kappa shape index (κ2) is 7.48. The van der Waals surface area contributed by atoms with Crippen LogP contribution in [0.4, 0.5) is 18.9 Å². The number of hydrogen-bond donors (Lipinski definition) is 2. The van der Waals surface area contributed by atoms with Crippen molar-refractivity contribution in [3.63, 3.8) is 0 Å². The van der Waals surface area contributed by atoms with Crippen LogP contribution in [-0.4, -0.2) is 47.2 Å². The molecule has 1 amide bonds. The van der Waals surface area contributed by atoms with E-state index in [1.54, 1.807) is 12.1 Å². The number of nitriles is 1. The zero-order chi connectivity index (χ0) is 21.4. The van der Waals surface area contributed by atoms with Crippen LogP contribution in [-0.2, 0) is 4.79 Å². The van der Waals surface area contributed by atoms with Gasteiger partial charge in [0.2, 0.25) is 5.91 Å². The van der Waals surface area contributed by atoms with Crippen molar-refractivity contribution in [3.05, 3.63) is 30.1 Å². The highest BCUT2D eigenvalue weighted by Gasteiger charge is 2.43. The Kier molecular flexibility index (Phi) is 5.36. The van der Waals surface area contributed by atoms with Crippen molar-refractivity contribution >= 4 is 22.6 Å². The maximum Gasteiger partial charge on any atom is 0.412 e. The number of anilines is 1. The summed E-state index contributed by atoms with van der Waals surface area (Å²) in [7, 11) is 0. The standard InChI is InChI=1S/C19H21F3N6O/c1-18(2)7-12(27-17(29)16(24)19(20,21)22)9-28(10-18)13-4-3-11(8-23)14-15(13)26-6-5-25-14/h3-6,12,16H,7,9-10,24H2,1-2H3,(H,27,29)/t12-,16-/m1/s1. The molecule has 0 unspecified atom stereocenters. The summed E-state index contributed by atoms with van der Waals surface area (Å²) >= 11 is 0. The quantitative estimate of drug-likeness (QED) is 0.808. The van der Waals surface area contributed by atoms with Crippen molar-refractivity contribution < 1.29 is 18.0 Å². The molecule has 1 saturated heterocycles. The first-order valence-electron chi connectivity index (χ1n) is 9.03. The molecule has 29 heavy (non-hydrogen) atoms. The molecular formula is C19H21F3N6O. The van der Waals surface area contributed by atoms with Crippen LogP contribution in [0.3, 0.4) is 0 Å². The van der Waals surface area contributed by atoms with Crippen LogP contribution in [0.1, 0.15) is 25.8 Å². The van der Waals surface area contributed by atoms with Crippen molar-refractivity contribution in [1.82, 2.24) is 15.3 Å². The number of halogens is 3. The molecule has 0 radical (unpaired) electrons. The smallest absolute Gasteiger partial charge is 0.367 e. The molecule has 0 bridgehead atoms. The van der Waals surface area contributed by atoms with Crippen LogP contribution in [0, 0.1) is 16.7 Å². The number of carbonyl (C=O) groups is 1. The fourth-order valence-corrected chi connectivity index (χ4v) is 3.75. The molecule has 154 valence electrons. The molecular weight excluding hydrogens is 385 g/mol. The number of fused-ring (bicyclic) bond motifs is 1. The van der Waals surface area contributed by atoms with Crippen molar-refractivity contribution in [2.24, 2.45) is 11.1 Å². The predicted octanol–water partition coefficient (Wildman–Crippen LogP) is 2.11. The number of amides is 1. The molecule has 10 heteroatoms. The first kappa shape index (κ1) is 20.8. The van der Waals surface area contributed by atoms with E-state index in [0.717, 1.165) is 0 Å². The maximum absolute atomic E-state index is 12.8. The van der Waals surface area contributed by atoms with E-state index in [1.165, 1.54) is 12.4 Å². The Morgan fingerprint density at radius 2 is 2.00 bits per heavy atom. The van der Waals surface area contributed by atoms with Gasteiger partial charge < -0.3 is 16.0 Å². The average Bonchev–Trinajstić information content (AvgIpc) is 2.64. The van der Waals surface area contributed by atoms with E-state index >= 15 is 0 Å². The lowest BCUT2D eigenvalue weighted by Gasteiger charge is -2.44. The summed E-state index contributed by atoms with van der Waals surface area (Å²) in [4.78, 5) is 22.5. The Labute approximate surface area is 165 Å². The van der Waals surface area contributed by atoms with Gasteiger partial charge in [0, 0.05) is 31.5 Å². The van der Waals surface area contributed by atoms with E-state index in [9.17, 15) is 23.2 Å². The molecule has 1 aliphatic rings. The van der Waals surface area contributed by atoms with Crippen molar-refractivity contribution in [1.29, 1.82) is 5.26 Å². The van der Waals surface area contributed by atoms with Crippen LogP contribution in [0.25, 0.3) is 11.0 Å². The zero-order valence-corrected chi connectivity index (χ0v) is 16.0. The number of piperidine rings is 1. The Hall–Kier alpha value is -2.93. The molecule has 2 heterocycles. The number of alkyl halides is 3. The second-order valence-corrected chi connectivity index (χ2v) is 7.97. The maximum atomic E-state index is 12.8. The minimum Gasteiger partial charge on any atom is -0.367 e. The van der Waals surface area contributed by atoms with Crippen LogP contribution < -0.4 is 16.0 Å². The van der Waals surface area contributed by atoms with Gasteiger partial charge >= 0.3 is 6.18 Å². The molecule has 1 aliphatic heterocycles. The van der Waals surface area contributed by atoms with Gasteiger partial charge in [0.15, 0.2) is 6.04 Å². The normalized spacial score (nSPS) is 20.2. The largest absolute Gasteiger partial charge is 0.412 e. The molecule has 3 rings (SSSR count). The number of nitrogens with one attached hydrogen (secondary N) is 1. The van der Waals surface area contributed by atoms with Crippen LogP contribution >= 0.6 is 0 Å². The third-order valence-electron chi connectivity index (χ3n) is 4.91. The second-order valence-electron chi connectivity index (χ2n) is 7.97. The molecule has 2 atom stereocenters. The minimum atomic E-state index is -4.80. The van der Waals surface area contributed by atoms with Gasteiger partial charge in [-0.1, -0.05) is 13.8 Å². The number of nitrogens with two attached hydrogens (primary N) is 1. The van der Waals surface area contributed by atoms with Gasteiger partial charge in [0.05, 0.1) is 11.3 Å². The van der Waals surface area contributed by atoms with Gasteiger partial charge in [-0.15, -0.1) is 0 Å². The van der Waals surface area contributed by atoms with Crippen LogP contribution in [0.5, 0.6) is 0 Å². The highest BCUT2D eigenvalue weighted by atomic mass is 19.4. The Morgan fingerprint density at radius 1 is 1.34 bits per heavy atom. The fourth-order valence-electron chi connectivity index (χ4n) is 3.75. The third-order valence-corrected chi connectivity index (χ3v) is 4.91. The molecule has 3 N–H and O–H groups in total. The van der Waals surface area contributed by atoms with Gasteiger partial charge in [-0.05, 0) is 24.0 Å². The van der Waals surface area contributed by atoms with Crippen molar-refractivity contribution in [2.45, 2.75) is 38.5 Å². The number of rotatable bonds is 3. The minimum absolute atomic E-state index is 0.289. The summed E-state index contributed by atoms with van der Waals surface area (Å²) < 4.78 is 38.3. The first-order valence-corrected chi connectivity index (χ1v) is 9.03. The van der Waals surface area contributed by atoms with E-state index in [0.29, 0.717) is 35.2 Å². The zero-order valence-electron chi connectivity index (χ0n) is 16.0. The lowest BCUT2D eigenvalue weighted by molar-refractivity contribution is -0.163. The van der Waals surface area contributed by atoms with E-state index < -0.39 is 24.2 Å². The van der Waals surface area contributed by atoms with E-state index in [-0.39, 0.29) is 12.0 Å². The van der Waals surface area contributed by atoms with Gasteiger partial charge in [-0.2, -0.15) is 18.4 Å². The molecule has 0 spiro atoms. The summed E-state index contributed by atoms with van der Waals surface area (Å²) in [6, 6.07) is 2.37. The van der Waals surface area contributed by atoms with Crippen molar-refractivity contribution in [2.75, 3.05) is 18.0 Å². The molecule has 0 aliphatic carbocycles. The number of hydrogen-bond acceptors (Lipinski definition) is 6. The Balaban J connectivity index is 1.90. The molecule has 7 nitrogen and oxygen atoms in total. The van der Waals surface area contributed by atoms with Gasteiger partial charge in [0.1, 0.15) is 17.1 Å². The molecule has 1 aromatic carbocycles. The monoisotopic (exact) mass is 406 g/mol.